The number of hydrogen-bond donors (Lipinski definition) is 3. The predicted molar refractivity (Wildman–Crippen MR) is 69.9 cm³/mol. The van der Waals surface area contributed by atoms with Gasteiger partial charge in [0.25, 0.3) is 0 Å². The van der Waals surface area contributed by atoms with Crippen molar-refractivity contribution in [1.82, 2.24) is 10.3 Å². The summed E-state index contributed by atoms with van der Waals surface area (Å²) in [5.74, 6) is -1.13. The van der Waals surface area contributed by atoms with Gasteiger partial charge in [0.2, 0.25) is 0 Å². The molecule has 3 N–H and O–H groups in total. The quantitative estimate of drug-likeness (QED) is 0.775. The molecule has 19 heavy (non-hydrogen) atoms. The molecule has 0 aromatic carbocycles. The van der Waals surface area contributed by atoms with Crippen LogP contribution in [0.15, 0.2) is 18.3 Å². The van der Waals surface area contributed by atoms with Crippen LogP contribution in [0, 0.1) is 12.8 Å². The summed E-state index contributed by atoms with van der Waals surface area (Å²) in [5.41, 5.74) is 1.40. The van der Waals surface area contributed by atoms with Crippen LogP contribution >= 0.6 is 0 Å². The van der Waals surface area contributed by atoms with Crippen molar-refractivity contribution in [1.29, 1.82) is 0 Å². The highest BCUT2D eigenvalue weighted by Crippen LogP contribution is 2.25. The molecule has 1 heterocycles. The summed E-state index contributed by atoms with van der Waals surface area (Å²) in [6.07, 6.45) is 3.48. The van der Waals surface area contributed by atoms with Crippen molar-refractivity contribution >= 4 is 17.7 Å². The van der Waals surface area contributed by atoms with Gasteiger partial charge >= 0.3 is 12.0 Å². The van der Waals surface area contributed by atoms with Gasteiger partial charge < -0.3 is 15.7 Å². The van der Waals surface area contributed by atoms with Crippen molar-refractivity contribution in [3.8, 4) is 0 Å². The fourth-order valence-electron chi connectivity index (χ4n) is 2.30. The second-order valence-corrected chi connectivity index (χ2v) is 4.78. The zero-order valence-corrected chi connectivity index (χ0v) is 10.7. The molecular weight excluding hydrogens is 246 g/mol. The highest BCUT2D eigenvalue weighted by Gasteiger charge is 2.30. The van der Waals surface area contributed by atoms with Gasteiger partial charge in [0.15, 0.2) is 0 Å². The molecule has 0 radical (unpaired) electrons. The number of aryl methyl sites for hydroxylation is 1. The van der Waals surface area contributed by atoms with Crippen LogP contribution in [0.2, 0.25) is 0 Å². The third kappa shape index (κ3) is 3.43. The van der Waals surface area contributed by atoms with E-state index in [1.54, 1.807) is 18.3 Å². The van der Waals surface area contributed by atoms with E-state index >= 15 is 0 Å². The lowest BCUT2D eigenvalue weighted by Gasteiger charge is -2.14. The van der Waals surface area contributed by atoms with Crippen LogP contribution in [0.3, 0.4) is 0 Å². The number of aromatic nitrogens is 1. The Labute approximate surface area is 111 Å². The van der Waals surface area contributed by atoms with Crippen LogP contribution in [-0.2, 0) is 4.79 Å². The number of rotatable bonds is 3. The number of carbonyl (C=O) groups is 2. The first-order valence-corrected chi connectivity index (χ1v) is 6.28. The molecular formula is C13H17N3O3. The molecule has 2 rings (SSSR count). The second-order valence-electron chi connectivity index (χ2n) is 4.78. The maximum atomic E-state index is 11.8. The summed E-state index contributed by atoms with van der Waals surface area (Å²) in [4.78, 5) is 26.7. The molecule has 1 aliphatic carbocycles. The molecule has 6 nitrogen and oxygen atoms in total. The number of anilines is 1. The van der Waals surface area contributed by atoms with Gasteiger partial charge in [-0.05, 0) is 38.3 Å². The largest absolute Gasteiger partial charge is 0.481 e. The first-order chi connectivity index (χ1) is 9.06. The van der Waals surface area contributed by atoms with Crippen LogP contribution < -0.4 is 10.6 Å². The standard InChI is InChI=1S/C13H17N3O3/c1-8-11(3-2-6-14-8)16-13(19)15-10-5-4-9(7-10)12(17)18/h2-3,6,9-10H,4-5,7H2,1H3,(H,17,18)(H2,15,16,19). The lowest BCUT2D eigenvalue weighted by atomic mass is 10.1. The second kappa shape index (κ2) is 5.69. The number of nitrogens with zero attached hydrogens (tertiary/aromatic N) is 1. The van der Waals surface area contributed by atoms with Crippen molar-refractivity contribution in [3.63, 3.8) is 0 Å². The Morgan fingerprint density at radius 3 is 2.84 bits per heavy atom. The van der Waals surface area contributed by atoms with Crippen molar-refractivity contribution in [2.24, 2.45) is 5.92 Å². The maximum absolute atomic E-state index is 11.8. The molecule has 1 aromatic rings. The highest BCUT2D eigenvalue weighted by atomic mass is 16.4. The van der Waals surface area contributed by atoms with E-state index in [9.17, 15) is 9.59 Å². The normalized spacial score (nSPS) is 21.9. The summed E-state index contributed by atoms with van der Waals surface area (Å²) in [6, 6.07) is 3.14. The summed E-state index contributed by atoms with van der Waals surface area (Å²) in [6.45, 7) is 1.81. The number of carboxylic acids is 1. The number of urea groups is 1. The van der Waals surface area contributed by atoms with Gasteiger partial charge in [-0.2, -0.15) is 0 Å². The van der Waals surface area contributed by atoms with E-state index in [0.717, 1.165) is 5.69 Å². The molecule has 1 fully saturated rings. The number of hydrogen-bond acceptors (Lipinski definition) is 3. The SMILES string of the molecule is Cc1ncccc1NC(=O)NC1CCC(C(=O)O)C1. The molecule has 0 spiro atoms. The van der Waals surface area contributed by atoms with Crippen LogP contribution in [0.25, 0.3) is 0 Å². The first-order valence-electron chi connectivity index (χ1n) is 6.28. The van der Waals surface area contributed by atoms with E-state index in [2.05, 4.69) is 15.6 Å². The Hall–Kier alpha value is -2.11. The van der Waals surface area contributed by atoms with Crippen molar-refractivity contribution < 1.29 is 14.7 Å². The molecule has 0 bridgehead atoms. The van der Waals surface area contributed by atoms with Gasteiger partial charge in [0, 0.05) is 12.2 Å². The fourth-order valence-corrected chi connectivity index (χ4v) is 2.30. The number of pyridine rings is 1. The van der Waals surface area contributed by atoms with Crippen molar-refractivity contribution in [3.05, 3.63) is 24.0 Å². The molecule has 2 unspecified atom stereocenters. The van der Waals surface area contributed by atoms with Gasteiger partial charge in [-0.1, -0.05) is 0 Å². The molecule has 1 aromatic heterocycles. The topological polar surface area (TPSA) is 91.3 Å². The Kier molecular flexibility index (Phi) is 3.99. The summed E-state index contributed by atoms with van der Waals surface area (Å²) >= 11 is 0. The molecule has 102 valence electrons. The van der Waals surface area contributed by atoms with Crippen LogP contribution in [0.4, 0.5) is 10.5 Å². The molecule has 0 aliphatic heterocycles. The monoisotopic (exact) mass is 263 g/mol. The smallest absolute Gasteiger partial charge is 0.319 e. The molecule has 0 saturated heterocycles. The highest BCUT2D eigenvalue weighted by molar-refractivity contribution is 5.90. The third-order valence-corrected chi connectivity index (χ3v) is 3.37. The zero-order valence-electron chi connectivity index (χ0n) is 10.7. The molecule has 2 atom stereocenters. The minimum atomic E-state index is -0.784. The number of aliphatic carboxylic acids is 1. The van der Waals surface area contributed by atoms with Gasteiger partial charge in [-0.25, -0.2) is 4.79 Å². The minimum absolute atomic E-state index is 0.0712. The summed E-state index contributed by atoms with van der Waals surface area (Å²) in [7, 11) is 0. The van der Waals surface area contributed by atoms with Crippen LogP contribution in [-0.4, -0.2) is 28.1 Å². The Morgan fingerprint density at radius 2 is 2.21 bits per heavy atom. The van der Waals surface area contributed by atoms with E-state index in [4.69, 9.17) is 5.11 Å². The zero-order chi connectivity index (χ0) is 13.8. The number of carbonyl (C=O) groups excluding carboxylic acids is 1. The lowest BCUT2D eigenvalue weighted by molar-refractivity contribution is -0.141. The molecule has 1 aliphatic rings. The Balaban J connectivity index is 1.86. The lowest BCUT2D eigenvalue weighted by Crippen LogP contribution is -2.36. The van der Waals surface area contributed by atoms with Crippen molar-refractivity contribution in [2.75, 3.05) is 5.32 Å². The summed E-state index contributed by atoms with van der Waals surface area (Å²) in [5, 5.41) is 14.4. The van der Waals surface area contributed by atoms with Crippen LogP contribution in [0.1, 0.15) is 25.0 Å². The predicted octanol–water partition coefficient (Wildman–Crippen LogP) is 1.76. The summed E-state index contributed by atoms with van der Waals surface area (Å²) < 4.78 is 0. The average molecular weight is 263 g/mol. The first kappa shape index (κ1) is 13.3. The number of amides is 2. The van der Waals surface area contributed by atoms with Gasteiger partial charge in [-0.3, -0.25) is 9.78 Å². The van der Waals surface area contributed by atoms with Crippen LogP contribution in [0.5, 0.6) is 0 Å². The minimum Gasteiger partial charge on any atom is -0.481 e. The van der Waals surface area contributed by atoms with Crippen molar-refractivity contribution in [2.45, 2.75) is 32.2 Å². The maximum Gasteiger partial charge on any atom is 0.319 e. The van der Waals surface area contributed by atoms with E-state index < -0.39 is 5.97 Å². The van der Waals surface area contributed by atoms with Gasteiger partial charge in [0.1, 0.15) is 0 Å². The van der Waals surface area contributed by atoms with E-state index in [1.165, 1.54) is 0 Å². The van der Waals surface area contributed by atoms with Gasteiger partial charge in [0.05, 0.1) is 17.3 Å². The third-order valence-electron chi connectivity index (χ3n) is 3.37. The Bertz CT molecular complexity index is 490. The molecule has 2 amide bonds. The van der Waals surface area contributed by atoms with E-state index in [1.807, 2.05) is 6.92 Å². The van der Waals surface area contributed by atoms with E-state index in [-0.39, 0.29) is 18.0 Å². The number of nitrogens with one attached hydrogen (secondary N) is 2. The Morgan fingerprint density at radius 1 is 1.42 bits per heavy atom. The molecule has 6 heteroatoms. The fraction of sp³-hybridized carbons (Fsp3) is 0.462. The van der Waals surface area contributed by atoms with E-state index in [0.29, 0.717) is 24.9 Å². The van der Waals surface area contributed by atoms with Gasteiger partial charge in [-0.15, -0.1) is 0 Å². The molecule has 1 saturated carbocycles. The number of carboxylic acid groups (broad SMARTS) is 1. The average Bonchev–Trinajstić information content (AvgIpc) is 2.80.